The van der Waals surface area contributed by atoms with E-state index in [1.807, 2.05) is 0 Å². The van der Waals surface area contributed by atoms with E-state index in [1.165, 1.54) is 25.7 Å². The van der Waals surface area contributed by atoms with Crippen LogP contribution in [-0.2, 0) is 4.79 Å². The van der Waals surface area contributed by atoms with E-state index in [9.17, 15) is 4.79 Å². The van der Waals surface area contributed by atoms with Gasteiger partial charge in [0.05, 0.1) is 6.42 Å². The lowest BCUT2D eigenvalue weighted by Crippen LogP contribution is -2.45. The minimum atomic E-state index is -0.693. The molecule has 1 aliphatic carbocycles. The summed E-state index contributed by atoms with van der Waals surface area (Å²) in [6.07, 6.45) is 5.53. The SMILES string of the molecule is CC1CCC(CN(CCC(=O)O)C(C)(C)C)CC1. The van der Waals surface area contributed by atoms with Crippen molar-refractivity contribution in [1.29, 1.82) is 0 Å². The molecule has 1 saturated carbocycles. The van der Waals surface area contributed by atoms with Gasteiger partial charge in [-0.05, 0) is 45.4 Å². The third-order valence-electron chi connectivity index (χ3n) is 4.16. The zero-order valence-corrected chi connectivity index (χ0v) is 12.4. The molecule has 0 bridgehead atoms. The maximum atomic E-state index is 10.7. The predicted octanol–water partition coefficient (Wildman–Crippen LogP) is 3.39. The minimum absolute atomic E-state index is 0.0680. The van der Waals surface area contributed by atoms with Gasteiger partial charge < -0.3 is 5.11 Å². The van der Waals surface area contributed by atoms with Gasteiger partial charge in [-0.3, -0.25) is 9.69 Å². The topological polar surface area (TPSA) is 40.5 Å². The lowest BCUT2D eigenvalue weighted by atomic mass is 9.82. The van der Waals surface area contributed by atoms with Crippen molar-refractivity contribution in [3.8, 4) is 0 Å². The number of carboxylic acids is 1. The van der Waals surface area contributed by atoms with Crippen LogP contribution in [0.5, 0.6) is 0 Å². The Hall–Kier alpha value is -0.570. The average Bonchev–Trinajstić information content (AvgIpc) is 2.24. The molecule has 1 aliphatic rings. The Morgan fingerprint density at radius 3 is 2.22 bits per heavy atom. The van der Waals surface area contributed by atoms with Crippen LogP contribution < -0.4 is 0 Å². The average molecular weight is 255 g/mol. The van der Waals surface area contributed by atoms with Crippen molar-refractivity contribution in [3.05, 3.63) is 0 Å². The van der Waals surface area contributed by atoms with Gasteiger partial charge in [0.2, 0.25) is 0 Å². The van der Waals surface area contributed by atoms with Crippen LogP contribution in [0.25, 0.3) is 0 Å². The molecular formula is C15H29NO2. The highest BCUT2D eigenvalue weighted by atomic mass is 16.4. The van der Waals surface area contributed by atoms with Crippen LogP contribution in [0.2, 0.25) is 0 Å². The van der Waals surface area contributed by atoms with Crippen molar-refractivity contribution in [1.82, 2.24) is 4.90 Å². The van der Waals surface area contributed by atoms with Crippen LogP contribution in [0.1, 0.15) is 59.8 Å². The molecule has 18 heavy (non-hydrogen) atoms. The summed E-state index contributed by atoms with van der Waals surface area (Å²) in [5, 5.41) is 8.84. The summed E-state index contributed by atoms with van der Waals surface area (Å²) < 4.78 is 0. The molecule has 0 amide bonds. The first kappa shape index (κ1) is 15.5. The molecule has 3 heteroatoms. The van der Waals surface area contributed by atoms with E-state index in [4.69, 9.17) is 5.11 Å². The molecule has 106 valence electrons. The molecule has 0 aromatic carbocycles. The van der Waals surface area contributed by atoms with E-state index < -0.39 is 5.97 Å². The maximum absolute atomic E-state index is 10.7. The molecule has 1 fully saturated rings. The lowest BCUT2D eigenvalue weighted by Gasteiger charge is -2.39. The molecule has 3 nitrogen and oxygen atoms in total. The summed E-state index contributed by atoms with van der Waals surface area (Å²) in [5.74, 6) is 0.944. The van der Waals surface area contributed by atoms with Gasteiger partial charge in [-0.1, -0.05) is 19.8 Å². The second-order valence-corrected chi connectivity index (χ2v) is 6.89. The molecule has 0 aromatic heterocycles. The molecule has 1 rings (SSSR count). The molecule has 0 aliphatic heterocycles. The van der Waals surface area contributed by atoms with Gasteiger partial charge >= 0.3 is 5.97 Å². The molecule has 0 aromatic rings. The van der Waals surface area contributed by atoms with Crippen LogP contribution in [0.15, 0.2) is 0 Å². The standard InChI is InChI=1S/C15H29NO2/c1-12-5-7-13(8-6-12)11-16(15(2,3)4)10-9-14(17)18/h12-13H,5-11H2,1-4H3,(H,17,18). The van der Waals surface area contributed by atoms with E-state index in [0.29, 0.717) is 6.54 Å². The van der Waals surface area contributed by atoms with Gasteiger partial charge in [-0.15, -0.1) is 0 Å². The molecule has 0 unspecified atom stereocenters. The second-order valence-electron chi connectivity index (χ2n) is 6.89. The zero-order valence-electron chi connectivity index (χ0n) is 12.4. The molecule has 0 heterocycles. The summed E-state index contributed by atoms with van der Waals surface area (Å²) in [4.78, 5) is 13.1. The largest absolute Gasteiger partial charge is 0.481 e. The molecule has 1 N–H and O–H groups in total. The van der Waals surface area contributed by atoms with Gasteiger partial charge in [0.25, 0.3) is 0 Å². The van der Waals surface area contributed by atoms with E-state index in [2.05, 4.69) is 32.6 Å². The van der Waals surface area contributed by atoms with Crippen molar-refractivity contribution in [2.45, 2.75) is 65.3 Å². The van der Waals surface area contributed by atoms with Crippen molar-refractivity contribution >= 4 is 5.97 Å². The van der Waals surface area contributed by atoms with E-state index in [1.54, 1.807) is 0 Å². The number of hydrogen-bond donors (Lipinski definition) is 1. The highest BCUT2D eigenvalue weighted by Gasteiger charge is 2.26. The Morgan fingerprint density at radius 2 is 1.78 bits per heavy atom. The van der Waals surface area contributed by atoms with Gasteiger partial charge in [0, 0.05) is 18.6 Å². The summed E-state index contributed by atoms with van der Waals surface area (Å²) in [5.41, 5.74) is 0.0680. The van der Waals surface area contributed by atoms with Gasteiger partial charge in [0.1, 0.15) is 0 Å². The Kier molecular flexibility index (Phi) is 5.64. The molecule has 0 radical (unpaired) electrons. The van der Waals surface area contributed by atoms with Crippen LogP contribution in [0, 0.1) is 11.8 Å². The molecule has 0 spiro atoms. The van der Waals surface area contributed by atoms with E-state index in [-0.39, 0.29) is 12.0 Å². The van der Waals surface area contributed by atoms with E-state index in [0.717, 1.165) is 18.4 Å². The van der Waals surface area contributed by atoms with Crippen LogP contribution >= 0.6 is 0 Å². The number of carbonyl (C=O) groups is 1. The monoisotopic (exact) mass is 255 g/mol. The quantitative estimate of drug-likeness (QED) is 0.818. The number of nitrogens with zero attached hydrogens (tertiary/aromatic N) is 1. The molecule has 0 atom stereocenters. The van der Waals surface area contributed by atoms with Crippen molar-refractivity contribution in [2.75, 3.05) is 13.1 Å². The fraction of sp³-hybridized carbons (Fsp3) is 0.933. The highest BCUT2D eigenvalue weighted by molar-refractivity contribution is 5.66. The maximum Gasteiger partial charge on any atom is 0.304 e. The second kappa shape index (κ2) is 6.55. The predicted molar refractivity (Wildman–Crippen MR) is 74.7 cm³/mol. The smallest absolute Gasteiger partial charge is 0.304 e. The normalized spacial score (nSPS) is 25.4. The van der Waals surface area contributed by atoms with E-state index >= 15 is 0 Å². The van der Waals surface area contributed by atoms with Crippen LogP contribution in [0.3, 0.4) is 0 Å². The first-order valence-corrected chi connectivity index (χ1v) is 7.26. The minimum Gasteiger partial charge on any atom is -0.481 e. The number of carboxylic acid groups (broad SMARTS) is 1. The Morgan fingerprint density at radius 1 is 1.22 bits per heavy atom. The van der Waals surface area contributed by atoms with Crippen molar-refractivity contribution < 1.29 is 9.90 Å². The summed E-state index contributed by atoms with van der Waals surface area (Å²) in [6.45, 7) is 10.6. The molecular weight excluding hydrogens is 226 g/mol. The van der Waals surface area contributed by atoms with Gasteiger partial charge in [-0.25, -0.2) is 0 Å². The fourth-order valence-corrected chi connectivity index (χ4v) is 2.75. The third kappa shape index (κ3) is 5.38. The Bertz CT molecular complexity index is 262. The first-order chi connectivity index (χ1) is 8.29. The lowest BCUT2D eigenvalue weighted by molar-refractivity contribution is -0.137. The van der Waals surface area contributed by atoms with Crippen molar-refractivity contribution in [2.24, 2.45) is 11.8 Å². The summed E-state index contributed by atoms with van der Waals surface area (Å²) in [6, 6.07) is 0. The third-order valence-corrected chi connectivity index (χ3v) is 4.16. The summed E-state index contributed by atoms with van der Waals surface area (Å²) >= 11 is 0. The number of aliphatic carboxylic acids is 1. The zero-order chi connectivity index (χ0) is 13.8. The van der Waals surface area contributed by atoms with Gasteiger partial charge in [-0.2, -0.15) is 0 Å². The number of hydrogen-bond acceptors (Lipinski definition) is 2. The summed E-state index contributed by atoms with van der Waals surface area (Å²) in [7, 11) is 0. The van der Waals surface area contributed by atoms with Crippen LogP contribution in [-0.4, -0.2) is 34.6 Å². The fourth-order valence-electron chi connectivity index (χ4n) is 2.75. The first-order valence-electron chi connectivity index (χ1n) is 7.26. The van der Waals surface area contributed by atoms with Gasteiger partial charge in [0.15, 0.2) is 0 Å². The Balaban J connectivity index is 2.48. The highest BCUT2D eigenvalue weighted by Crippen LogP contribution is 2.30. The Labute approximate surface area is 112 Å². The number of rotatable bonds is 5. The van der Waals surface area contributed by atoms with Crippen LogP contribution in [0.4, 0.5) is 0 Å². The van der Waals surface area contributed by atoms with Crippen molar-refractivity contribution in [3.63, 3.8) is 0 Å². The molecule has 0 saturated heterocycles.